The number of benzene rings is 1. The van der Waals surface area contributed by atoms with E-state index in [0.29, 0.717) is 15.8 Å². The fourth-order valence-electron chi connectivity index (χ4n) is 1.29. The topological polar surface area (TPSA) is 43.1 Å². The molecule has 1 aromatic carbocycles. The number of nitrogens with zero attached hydrogens (tertiary/aromatic N) is 1. The molecule has 0 N–H and O–H groups in total. The van der Waals surface area contributed by atoms with Gasteiger partial charge in [-0.05, 0) is 19.1 Å². The van der Waals surface area contributed by atoms with Crippen molar-refractivity contribution in [2.75, 3.05) is 5.75 Å². The van der Waals surface area contributed by atoms with Crippen LogP contribution in [0.3, 0.4) is 0 Å². The third-order valence-electron chi connectivity index (χ3n) is 2.10. The first-order valence-corrected chi connectivity index (χ1v) is 6.36. The third-order valence-corrected chi connectivity index (χ3v) is 3.27. The van der Waals surface area contributed by atoms with Crippen molar-refractivity contribution in [1.29, 1.82) is 0 Å². The molecule has 0 aliphatic heterocycles. The Morgan fingerprint density at radius 2 is 2.24 bits per heavy atom. The third kappa shape index (κ3) is 3.11. The molecule has 0 aliphatic carbocycles. The molecule has 88 valence electrons. The van der Waals surface area contributed by atoms with Crippen molar-refractivity contribution in [3.63, 3.8) is 0 Å². The van der Waals surface area contributed by atoms with Crippen molar-refractivity contribution in [2.45, 2.75) is 12.1 Å². The van der Waals surface area contributed by atoms with Crippen LogP contribution < -0.4 is 0 Å². The van der Waals surface area contributed by atoms with Crippen LogP contribution in [0.5, 0.6) is 0 Å². The maximum Gasteiger partial charge on any atom is 0.256 e. The molecule has 3 nitrogen and oxygen atoms in total. The number of halogens is 1. The normalized spacial score (nSPS) is 10.5. The van der Waals surface area contributed by atoms with E-state index < -0.39 is 0 Å². The van der Waals surface area contributed by atoms with Crippen LogP contribution in [0.25, 0.3) is 0 Å². The van der Waals surface area contributed by atoms with Crippen molar-refractivity contribution < 1.29 is 9.21 Å². The Hall–Kier alpha value is -1.26. The number of rotatable bonds is 4. The number of thioether (sulfide) groups is 1. The summed E-state index contributed by atoms with van der Waals surface area (Å²) in [5.41, 5.74) is 1.34. The molecule has 0 atom stereocenters. The summed E-state index contributed by atoms with van der Waals surface area (Å²) in [5, 5.41) is 0.976. The maximum absolute atomic E-state index is 11.9. The van der Waals surface area contributed by atoms with Gasteiger partial charge in [-0.15, -0.1) is 0 Å². The predicted octanol–water partition coefficient (Wildman–Crippen LogP) is 3.61. The van der Waals surface area contributed by atoms with Crippen LogP contribution in [-0.4, -0.2) is 16.5 Å². The molecule has 1 heterocycles. The van der Waals surface area contributed by atoms with Gasteiger partial charge in [0.05, 0.1) is 16.5 Å². The van der Waals surface area contributed by atoms with Gasteiger partial charge in [-0.25, -0.2) is 4.98 Å². The number of hydrogen-bond acceptors (Lipinski definition) is 4. The molecule has 0 bridgehead atoms. The van der Waals surface area contributed by atoms with E-state index in [1.807, 2.05) is 6.92 Å². The Balaban J connectivity index is 2.01. The van der Waals surface area contributed by atoms with Crippen LogP contribution in [0.4, 0.5) is 0 Å². The zero-order chi connectivity index (χ0) is 12.3. The van der Waals surface area contributed by atoms with E-state index >= 15 is 0 Å². The number of oxazole rings is 1. The minimum Gasteiger partial charge on any atom is -0.440 e. The van der Waals surface area contributed by atoms with E-state index in [0.717, 1.165) is 5.69 Å². The van der Waals surface area contributed by atoms with Crippen LogP contribution in [0.2, 0.25) is 5.02 Å². The van der Waals surface area contributed by atoms with Gasteiger partial charge in [0.25, 0.3) is 5.22 Å². The first-order chi connectivity index (χ1) is 8.16. The molecule has 2 aromatic rings. The molecule has 5 heteroatoms. The molecule has 17 heavy (non-hydrogen) atoms. The minimum absolute atomic E-state index is 0.0311. The van der Waals surface area contributed by atoms with Crippen molar-refractivity contribution >= 4 is 29.1 Å². The standard InChI is InChI=1S/C12H10ClNO2S/c1-8-6-16-12(14-8)17-7-11(15)9-4-2-3-5-10(9)13/h2-6H,7H2,1H3. The number of aryl methyl sites for hydroxylation is 1. The zero-order valence-electron chi connectivity index (χ0n) is 9.14. The fourth-order valence-corrected chi connectivity index (χ4v) is 2.27. The Morgan fingerprint density at radius 1 is 1.47 bits per heavy atom. The van der Waals surface area contributed by atoms with E-state index in [2.05, 4.69) is 4.98 Å². The monoisotopic (exact) mass is 267 g/mol. The summed E-state index contributed by atoms with van der Waals surface area (Å²) in [6, 6.07) is 7.00. The first kappa shape index (κ1) is 12.2. The molecule has 0 unspecified atom stereocenters. The first-order valence-electron chi connectivity index (χ1n) is 4.99. The van der Waals surface area contributed by atoms with Gasteiger partial charge in [0.15, 0.2) is 5.78 Å². The van der Waals surface area contributed by atoms with E-state index in [-0.39, 0.29) is 11.5 Å². The number of carbonyl (C=O) groups excluding carboxylic acids is 1. The van der Waals surface area contributed by atoms with Gasteiger partial charge >= 0.3 is 0 Å². The van der Waals surface area contributed by atoms with Crippen LogP contribution in [0.1, 0.15) is 16.1 Å². The van der Waals surface area contributed by atoms with E-state index in [4.69, 9.17) is 16.0 Å². The van der Waals surface area contributed by atoms with Gasteiger partial charge in [0.2, 0.25) is 0 Å². The summed E-state index contributed by atoms with van der Waals surface area (Å²) in [7, 11) is 0. The summed E-state index contributed by atoms with van der Waals surface area (Å²) in [6.45, 7) is 1.84. The Bertz CT molecular complexity index is 539. The van der Waals surface area contributed by atoms with Gasteiger partial charge in [-0.3, -0.25) is 4.79 Å². The summed E-state index contributed by atoms with van der Waals surface area (Å²) >= 11 is 7.20. The molecule has 0 fully saturated rings. The smallest absolute Gasteiger partial charge is 0.256 e. The Labute approximate surface area is 108 Å². The second kappa shape index (κ2) is 5.38. The molecule has 0 amide bonds. The molecular formula is C12H10ClNO2S. The van der Waals surface area contributed by atoms with Crippen LogP contribution in [-0.2, 0) is 0 Å². The molecule has 2 rings (SSSR count). The zero-order valence-corrected chi connectivity index (χ0v) is 10.7. The van der Waals surface area contributed by atoms with Crippen LogP contribution >= 0.6 is 23.4 Å². The Morgan fingerprint density at radius 3 is 2.88 bits per heavy atom. The second-order valence-electron chi connectivity index (χ2n) is 3.45. The average molecular weight is 268 g/mol. The van der Waals surface area contributed by atoms with Gasteiger partial charge in [-0.1, -0.05) is 35.5 Å². The lowest BCUT2D eigenvalue weighted by molar-refractivity contribution is 0.102. The van der Waals surface area contributed by atoms with Crippen molar-refractivity contribution in [1.82, 2.24) is 4.98 Å². The molecule has 0 aliphatic rings. The average Bonchev–Trinajstić information content (AvgIpc) is 2.73. The minimum atomic E-state index is -0.0311. The molecule has 0 spiro atoms. The van der Waals surface area contributed by atoms with Crippen molar-refractivity contribution in [3.8, 4) is 0 Å². The number of hydrogen-bond donors (Lipinski definition) is 0. The maximum atomic E-state index is 11.9. The highest BCUT2D eigenvalue weighted by atomic mass is 35.5. The lowest BCUT2D eigenvalue weighted by Gasteiger charge is -2.01. The van der Waals surface area contributed by atoms with Crippen molar-refractivity contribution in [3.05, 3.63) is 46.8 Å². The summed E-state index contributed by atoms with van der Waals surface area (Å²) < 4.78 is 5.15. The second-order valence-corrected chi connectivity index (χ2v) is 4.78. The lowest BCUT2D eigenvalue weighted by Crippen LogP contribution is -2.02. The molecular weight excluding hydrogens is 258 g/mol. The van der Waals surface area contributed by atoms with Crippen molar-refractivity contribution in [2.24, 2.45) is 0 Å². The quantitative estimate of drug-likeness (QED) is 0.627. The molecule has 0 saturated heterocycles. The molecule has 1 aromatic heterocycles. The summed E-state index contributed by atoms with van der Waals surface area (Å²) in [5.74, 6) is 0.236. The number of aromatic nitrogens is 1. The highest BCUT2D eigenvalue weighted by Crippen LogP contribution is 2.21. The number of carbonyl (C=O) groups is 1. The number of ketones is 1. The number of Topliss-reactive ketones (excluding diaryl/α,β-unsaturated/α-hetero) is 1. The summed E-state index contributed by atoms with van der Waals surface area (Å²) in [4.78, 5) is 16.0. The summed E-state index contributed by atoms with van der Waals surface area (Å²) in [6.07, 6.45) is 1.56. The SMILES string of the molecule is Cc1coc(SCC(=O)c2ccccc2Cl)n1. The molecule has 0 saturated carbocycles. The Kier molecular flexibility index (Phi) is 3.86. The molecule has 0 radical (unpaired) electrons. The highest BCUT2D eigenvalue weighted by molar-refractivity contribution is 7.99. The largest absolute Gasteiger partial charge is 0.440 e. The lowest BCUT2D eigenvalue weighted by atomic mass is 10.1. The van der Waals surface area contributed by atoms with E-state index in [9.17, 15) is 4.79 Å². The van der Waals surface area contributed by atoms with Gasteiger partial charge < -0.3 is 4.42 Å². The highest BCUT2D eigenvalue weighted by Gasteiger charge is 2.11. The van der Waals surface area contributed by atoms with E-state index in [1.165, 1.54) is 11.8 Å². The van der Waals surface area contributed by atoms with Crippen LogP contribution in [0, 0.1) is 6.92 Å². The van der Waals surface area contributed by atoms with Crippen LogP contribution in [0.15, 0.2) is 40.2 Å². The predicted molar refractivity (Wildman–Crippen MR) is 67.7 cm³/mol. The van der Waals surface area contributed by atoms with Gasteiger partial charge in [0, 0.05) is 5.56 Å². The van der Waals surface area contributed by atoms with E-state index in [1.54, 1.807) is 30.5 Å². The van der Waals surface area contributed by atoms with Gasteiger partial charge in [-0.2, -0.15) is 0 Å². The van der Waals surface area contributed by atoms with Gasteiger partial charge in [0.1, 0.15) is 6.26 Å². The fraction of sp³-hybridized carbons (Fsp3) is 0.167.